The van der Waals surface area contributed by atoms with Crippen molar-refractivity contribution in [2.75, 3.05) is 13.1 Å². The van der Waals surface area contributed by atoms with Crippen LogP contribution >= 0.6 is 0 Å². The van der Waals surface area contributed by atoms with E-state index < -0.39 is 0 Å². The fourth-order valence-electron chi connectivity index (χ4n) is 1.62. The Morgan fingerprint density at radius 3 is 3.08 bits per heavy atom. The molecule has 1 saturated heterocycles. The molecular weight excluding hydrogens is 168 g/mol. The van der Waals surface area contributed by atoms with E-state index in [2.05, 4.69) is 15.0 Å². The zero-order valence-corrected chi connectivity index (χ0v) is 7.72. The molecule has 72 valence electrons. The number of hydrogen-bond acceptors (Lipinski definition) is 4. The molecule has 1 aromatic rings. The van der Waals surface area contributed by atoms with Crippen LogP contribution in [0.1, 0.15) is 12.2 Å². The Kier molecular flexibility index (Phi) is 2.28. The Hall–Kier alpha value is -0.940. The first-order valence-electron chi connectivity index (χ1n) is 4.49. The van der Waals surface area contributed by atoms with Gasteiger partial charge in [0, 0.05) is 20.1 Å². The van der Waals surface area contributed by atoms with Crippen LogP contribution in [0, 0.1) is 0 Å². The van der Waals surface area contributed by atoms with Gasteiger partial charge in [0.05, 0.1) is 12.6 Å². The van der Waals surface area contributed by atoms with Crippen LogP contribution in [0.15, 0.2) is 6.33 Å². The topological polar surface area (TPSA) is 54.2 Å². The lowest BCUT2D eigenvalue weighted by atomic mass is 10.3. The Bertz CT molecular complexity index is 285. The SMILES string of the molecule is Cn1ncnc1CN1CC[C@H](O)C1. The quantitative estimate of drug-likeness (QED) is 0.662. The molecule has 0 aliphatic carbocycles. The van der Waals surface area contributed by atoms with E-state index in [1.165, 1.54) is 0 Å². The first-order chi connectivity index (χ1) is 6.25. The molecule has 1 atom stereocenters. The Labute approximate surface area is 77.0 Å². The van der Waals surface area contributed by atoms with Crippen LogP contribution in [-0.4, -0.2) is 44.0 Å². The van der Waals surface area contributed by atoms with Crippen LogP contribution < -0.4 is 0 Å². The van der Waals surface area contributed by atoms with E-state index in [-0.39, 0.29) is 6.10 Å². The van der Waals surface area contributed by atoms with Crippen molar-refractivity contribution in [1.82, 2.24) is 19.7 Å². The standard InChI is InChI=1S/C8H14N4O/c1-11-8(9-6-10-11)5-12-3-2-7(13)4-12/h6-7,13H,2-5H2,1H3/t7-/m0/s1. The maximum absolute atomic E-state index is 9.31. The van der Waals surface area contributed by atoms with Crippen molar-refractivity contribution in [2.45, 2.75) is 19.1 Å². The van der Waals surface area contributed by atoms with Gasteiger partial charge in [0.15, 0.2) is 0 Å². The minimum absolute atomic E-state index is 0.159. The van der Waals surface area contributed by atoms with E-state index >= 15 is 0 Å². The molecule has 0 amide bonds. The van der Waals surface area contributed by atoms with E-state index in [0.29, 0.717) is 0 Å². The Balaban J connectivity index is 1.95. The normalized spacial score (nSPS) is 24.0. The molecule has 2 heterocycles. The summed E-state index contributed by atoms with van der Waals surface area (Å²) in [7, 11) is 1.88. The van der Waals surface area contributed by atoms with Gasteiger partial charge in [-0.3, -0.25) is 9.58 Å². The number of aliphatic hydroxyl groups excluding tert-OH is 1. The molecule has 0 spiro atoms. The number of likely N-dealkylation sites (tertiary alicyclic amines) is 1. The summed E-state index contributed by atoms with van der Waals surface area (Å²) in [6.07, 6.45) is 2.27. The van der Waals surface area contributed by atoms with E-state index in [1.54, 1.807) is 11.0 Å². The molecule has 1 fully saturated rings. The van der Waals surface area contributed by atoms with Crippen LogP contribution in [0.3, 0.4) is 0 Å². The number of β-amino-alcohol motifs (C(OH)–C–C–N with tert-alkyl or cyclic N) is 1. The smallest absolute Gasteiger partial charge is 0.140 e. The van der Waals surface area contributed by atoms with Gasteiger partial charge in [0.2, 0.25) is 0 Å². The van der Waals surface area contributed by atoms with Gasteiger partial charge < -0.3 is 5.11 Å². The number of aromatic nitrogens is 3. The maximum atomic E-state index is 9.31. The van der Waals surface area contributed by atoms with Crippen LogP contribution in [-0.2, 0) is 13.6 Å². The molecule has 0 radical (unpaired) electrons. The summed E-state index contributed by atoms with van der Waals surface area (Å²) in [6.45, 7) is 2.49. The zero-order chi connectivity index (χ0) is 9.26. The lowest BCUT2D eigenvalue weighted by Crippen LogP contribution is -2.23. The maximum Gasteiger partial charge on any atom is 0.140 e. The Morgan fingerprint density at radius 1 is 1.69 bits per heavy atom. The van der Waals surface area contributed by atoms with Crippen LogP contribution in [0.25, 0.3) is 0 Å². The molecule has 5 heteroatoms. The first kappa shape index (κ1) is 8.65. The van der Waals surface area contributed by atoms with Crippen molar-refractivity contribution in [3.05, 3.63) is 12.2 Å². The third kappa shape index (κ3) is 1.87. The fourth-order valence-corrected chi connectivity index (χ4v) is 1.62. The van der Waals surface area contributed by atoms with Gasteiger partial charge in [0.25, 0.3) is 0 Å². The summed E-state index contributed by atoms with van der Waals surface area (Å²) in [5, 5.41) is 13.3. The highest BCUT2D eigenvalue weighted by Crippen LogP contribution is 2.11. The third-order valence-corrected chi connectivity index (χ3v) is 2.42. The van der Waals surface area contributed by atoms with E-state index in [4.69, 9.17) is 0 Å². The number of aliphatic hydroxyl groups is 1. The van der Waals surface area contributed by atoms with E-state index in [0.717, 1.165) is 31.9 Å². The van der Waals surface area contributed by atoms with Crippen molar-refractivity contribution >= 4 is 0 Å². The highest BCUT2D eigenvalue weighted by molar-refractivity contribution is 4.86. The summed E-state index contributed by atoms with van der Waals surface area (Å²) in [5.74, 6) is 0.953. The highest BCUT2D eigenvalue weighted by Gasteiger charge is 2.21. The molecule has 1 N–H and O–H groups in total. The zero-order valence-electron chi connectivity index (χ0n) is 7.72. The van der Waals surface area contributed by atoms with Crippen LogP contribution in [0.4, 0.5) is 0 Å². The van der Waals surface area contributed by atoms with Gasteiger partial charge in [-0.1, -0.05) is 0 Å². The number of nitrogens with zero attached hydrogens (tertiary/aromatic N) is 4. The van der Waals surface area contributed by atoms with Gasteiger partial charge in [0.1, 0.15) is 12.2 Å². The minimum Gasteiger partial charge on any atom is -0.392 e. The van der Waals surface area contributed by atoms with Crippen molar-refractivity contribution in [2.24, 2.45) is 7.05 Å². The molecule has 0 unspecified atom stereocenters. The van der Waals surface area contributed by atoms with Gasteiger partial charge >= 0.3 is 0 Å². The predicted octanol–water partition coefficient (Wildman–Crippen LogP) is -0.618. The number of aryl methyl sites for hydroxylation is 1. The van der Waals surface area contributed by atoms with E-state index in [9.17, 15) is 5.11 Å². The summed E-state index contributed by atoms with van der Waals surface area (Å²) >= 11 is 0. The second-order valence-corrected chi connectivity index (χ2v) is 3.48. The van der Waals surface area contributed by atoms with Crippen LogP contribution in [0.5, 0.6) is 0 Å². The molecule has 2 rings (SSSR count). The molecular formula is C8H14N4O. The predicted molar refractivity (Wildman–Crippen MR) is 46.9 cm³/mol. The second kappa shape index (κ2) is 3.43. The van der Waals surface area contributed by atoms with Crippen molar-refractivity contribution in [1.29, 1.82) is 0 Å². The molecule has 1 aliphatic heterocycles. The molecule has 0 bridgehead atoms. The Morgan fingerprint density at radius 2 is 2.54 bits per heavy atom. The molecule has 1 aromatic heterocycles. The molecule has 1 aliphatic rings. The van der Waals surface area contributed by atoms with Crippen molar-refractivity contribution in [3.8, 4) is 0 Å². The lowest BCUT2D eigenvalue weighted by Gasteiger charge is -2.13. The average Bonchev–Trinajstić information content (AvgIpc) is 2.64. The fraction of sp³-hybridized carbons (Fsp3) is 0.750. The lowest BCUT2D eigenvalue weighted by molar-refractivity contribution is 0.173. The third-order valence-electron chi connectivity index (χ3n) is 2.42. The summed E-state index contributed by atoms with van der Waals surface area (Å²) in [6, 6.07) is 0. The second-order valence-electron chi connectivity index (χ2n) is 3.48. The van der Waals surface area contributed by atoms with Gasteiger partial charge in [-0.2, -0.15) is 5.10 Å². The minimum atomic E-state index is -0.159. The molecule has 13 heavy (non-hydrogen) atoms. The highest BCUT2D eigenvalue weighted by atomic mass is 16.3. The summed E-state index contributed by atoms with van der Waals surface area (Å²) < 4.78 is 1.77. The summed E-state index contributed by atoms with van der Waals surface area (Å²) in [4.78, 5) is 6.32. The largest absolute Gasteiger partial charge is 0.392 e. The molecule has 0 saturated carbocycles. The van der Waals surface area contributed by atoms with Gasteiger partial charge in [-0.05, 0) is 6.42 Å². The van der Waals surface area contributed by atoms with E-state index in [1.807, 2.05) is 7.05 Å². The van der Waals surface area contributed by atoms with Gasteiger partial charge in [-0.25, -0.2) is 4.98 Å². The average molecular weight is 182 g/mol. The monoisotopic (exact) mass is 182 g/mol. The van der Waals surface area contributed by atoms with Gasteiger partial charge in [-0.15, -0.1) is 0 Å². The summed E-state index contributed by atoms with van der Waals surface area (Å²) in [5.41, 5.74) is 0. The van der Waals surface area contributed by atoms with Crippen molar-refractivity contribution in [3.63, 3.8) is 0 Å². The number of rotatable bonds is 2. The first-order valence-corrected chi connectivity index (χ1v) is 4.49. The van der Waals surface area contributed by atoms with Crippen molar-refractivity contribution < 1.29 is 5.11 Å². The number of hydrogen-bond donors (Lipinski definition) is 1. The molecule has 0 aromatic carbocycles. The van der Waals surface area contributed by atoms with Crippen LogP contribution in [0.2, 0.25) is 0 Å². The molecule has 5 nitrogen and oxygen atoms in total.